The maximum Gasteiger partial charge on any atom is 0.573 e. The van der Waals surface area contributed by atoms with E-state index in [9.17, 15) is 26.0 Å². The van der Waals surface area contributed by atoms with Crippen LogP contribution in [0.25, 0.3) is 0 Å². The Kier molecular flexibility index (Phi) is 5.02. The molecule has 28 heavy (non-hydrogen) atoms. The van der Waals surface area contributed by atoms with E-state index in [2.05, 4.69) is 9.73 Å². The summed E-state index contributed by atoms with van der Waals surface area (Å²) in [4.78, 5) is 3.47. The van der Waals surface area contributed by atoms with Gasteiger partial charge in [0.05, 0.1) is 12.0 Å². The number of hydrogen-bond donors (Lipinski definition) is 1. The van der Waals surface area contributed by atoms with Gasteiger partial charge in [-0.25, -0.2) is 17.9 Å². The first-order chi connectivity index (χ1) is 13.0. The zero-order valence-electron chi connectivity index (χ0n) is 14.2. The number of dihydropyridines is 1. The number of primary sulfonamides is 1. The van der Waals surface area contributed by atoms with Crippen LogP contribution in [0, 0.1) is 5.82 Å². The summed E-state index contributed by atoms with van der Waals surface area (Å²) >= 11 is 0. The second-order valence-electron chi connectivity index (χ2n) is 6.09. The summed E-state index contributed by atoms with van der Waals surface area (Å²) in [6.07, 6.45) is -0.136. The summed E-state index contributed by atoms with van der Waals surface area (Å²) in [6.45, 7) is 0.0765. The smallest absolute Gasteiger partial charge is 0.406 e. The zero-order chi connectivity index (χ0) is 20.6. The lowest BCUT2D eigenvalue weighted by Gasteiger charge is -2.32. The maximum absolute atomic E-state index is 14.4. The van der Waals surface area contributed by atoms with Crippen LogP contribution < -0.4 is 9.88 Å². The molecule has 10 heteroatoms. The van der Waals surface area contributed by atoms with Gasteiger partial charge in [0.2, 0.25) is 10.0 Å². The molecule has 0 saturated carbocycles. The number of aliphatic imine (C=N–C) groups is 1. The summed E-state index contributed by atoms with van der Waals surface area (Å²) in [5.74, 6) is -1.50. The highest BCUT2D eigenvalue weighted by Gasteiger charge is 2.36. The molecule has 0 aromatic heterocycles. The lowest BCUT2D eigenvalue weighted by molar-refractivity contribution is -0.274. The molecule has 3 rings (SSSR count). The molecule has 0 fully saturated rings. The van der Waals surface area contributed by atoms with Crippen LogP contribution in [0.2, 0.25) is 0 Å². The van der Waals surface area contributed by atoms with Crippen molar-refractivity contribution >= 4 is 16.2 Å². The first kappa shape index (κ1) is 20.0. The number of benzene rings is 2. The van der Waals surface area contributed by atoms with Crippen molar-refractivity contribution in [3.8, 4) is 5.75 Å². The van der Waals surface area contributed by atoms with E-state index in [-0.39, 0.29) is 6.54 Å². The Morgan fingerprint density at radius 2 is 1.82 bits per heavy atom. The number of sulfonamides is 1. The third kappa shape index (κ3) is 4.07. The molecule has 1 aliphatic heterocycles. The molecule has 0 aliphatic carbocycles. The number of hydrogen-bond acceptors (Lipinski definition) is 4. The third-order valence-corrected chi connectivity index (χ3v) is 5.19. The first-order valence-electron chi connectivity index (χ1n) is 7.88. The van der Waals surface area contributed by atoms with Crippen molar-refractivity contribution in [2.75, 3.05) is 6.54 Å². The molecular formula is C18H14F4N2O3S. The molecule has 148 valence electrons. The van der Waals surface area contributed by atoms with E-state index in [1.54, 1.807) is 18.2 Å². The minimum absolute atomic E-state index is 0.0765. The molecule has 1 atom stereocenters. The summed E-state index contributed by atoms with van der Waals surface area (Å²) in [7, 11) is -4.26. The monoisotopic (exact) mass is 414 g/mol. The van der Waals surface area contributed by atoms with Gasteiger partial charge in [-0.1, -0.05) is 24.3 Å². The van der Waals surface area contributed by atoms with Gasteiger partial charge < -0.3 is 4.74 Å². The number of nitrogens with zero attached hydrogens (tertiary/aromatic N) is 1. The van der Waals surface area contributed by atoms with Crippen molar-refractivity contribution in [2.24, 2.45) is 10.1 Å². The second-order valence-corrected chi connectivity index (χ2v) is 7.62. The van der Waals surface area contributed by atoms with Crippen molar-refractivity contribution in [2.45, 2.75) is 16.7 Å². The fraction of sp³-hybridized carbons (Fsp3) is 0.167. The number of halogens is 4. The first-order valence-corrected chi connectivity index (χ1v) is 9.43. The van der Waals surface area contributed by atoms with Crippen LogP contribution in [0.4, 0.5) is 17.6 Å². The fourth-order valence-electron chi connectivity index (χ4n) is 3.04. The Morgan fingerprint density at radius 1 is 1.11 bits per heavy atom. The lowest BCUT2D eigenvalue weighted by Crippen LogP contribution is -2.31. The van der Waals surface area contributed by atoms with Crippen LogP contribution in [0.15, 0.2) is 64.5 Å². The molecule has 0 saturated heterocycles. The van der Waals surface area contributed by atoms with Gasteiger partial charge in [0.25, 0.3) is 0 Å². The predicted molar refractivity (Wildman–Crippen MR) is 94.2 cm³/mol. The van der Waals surface area contributed by atoms with Crippen LogP contribution in [0.3, 0.4) is 0 Å². The minimum atomic E-state index is -4.87. The minimum Gasteiger partial charge on any atom is -0.406 e. The number of alkyl halides is 3. The van der Waals surface area contributed by atoms with Gasteiger partial charge in [-0.05, 0) is 41.5 Å². The van der Waals surface area contributed by atoms with Gasteiger partial charge in [0.1, 0.15) is 16.5 Å². The van der Waals surface area contributed by atoms with Crippen LogP contribution in [0.5, 0.6) is 5.75 Å². The maximum atomic E-state index is 14.4. The predicted octanol–water partition coefficient (Wildman–Crippen LogP) is 3.30. The molecule has 1 heterocycles. The standard InChI is InChI=1S/C18H14F4N2O3S/c19-15-10-13(5-6-16(15)28(23,25)26)17(7-2-8-24-11-17)12-3-1-4-14(9-12)27-18(20,21)22/h1-10H,11H2,(H2,23,25,26). The molecule has 2 aromatic carbocycles. The van der Waals surface area contributed by atoms with E-state index in [4.69, 9.17) is 5.14 Å². The average molecular weight is 414 g/mol. The van der Waals surface area contributed by atoms with Gasteiger partial charge in [0.15, 0.2) is 0 Å². The van der Waals surface area contributed by atoms with Crippen molar-refractivity contribution < 1.29 is 30.7 Å². The van der Waals surface area contributed by atoms with Crippen LogP contribution in [0.1, 0.15) is 11.1 Å². The SMILES string of the molecule is NS(=O)(=O)c1ccc(C2(c3cccc(OC(F)(F)F)c3)C=CC=NC2)cc1F. The molecule has 0 bridgehead atoms. The van der Waals surface area contributed by atoms with Gasteiger partial charge in [-0.15, -0.1) is 13.2 Å². The topological polar surface area (TPSA) is 81.8 Å². The molecular weight excluding hydrogens is 400 g/mol. The van der Waals surface area contributed by atoms with Gasteiger partial charge >= 0.3 is 6.36 Å². The third-order valence-electron chi connectivity index (χ3n) is 4.25. The molecule has 0 amide bonds. The van der Waals surface area contributed by atoms with E-state index in [0.29, 0.717) is 11.1 Å². The quantitative estimate of drug-likeness (QED) is 0.780. The molecule has 1 aliphatic rings. The Morgan fingerprint density at radius 3 is 2.39 bits per heavy atom. The summed E-state index contributed by atoms with van der Waals surface area (Å²) in [5.41, 5.74) is -0.447. The Bertz CT molecular complexity index is 1060. The van der Waals surface area contributed by atoms with Gasteiger partial charge in [-0.2, -0.15) is 0 Å². The van der Waals surface area contributed by atoms with Crippen LogP contribution in [-0.4, -0.2) is 27.5 Å². The van der Waals surface area contributed by atoms with E-state index >= 15 is 0 Å². The van der Waals surface area contributed by atoms with Crippen molar-refractivity contribution in [1.82, 2.24) is 0 Å². The van der Waals surface area contributed by atoms with Crippen molar-refractivity contribution in [3.05, 3.63) is 71.6 Å². The molecule has 5 nitrogen and oxygen atoms in total. The number of allylic oxidation sites excluding steroid dienone is 1. The van der Waals surface area contributed by atoms with Crippen LogP contribution >= 0.6 is 0 Å². The van der Waals surface area contributed by atoms with Gasteiger partial charge in [-0.3, -0.25) is 4.99 Å². The van der Waals surface area contributed by atoms with E-state index in [1.807, 2.05) is 0 Å². The highest BCUT2D eigenvalue weighted by molar-refractivity contribution is 7.89. The van der Waals surface area contributed by atoms with Crippen molar-refractivity contribution in [1.29, 1.82) is 0 Å². The Hall–Kier alpha value is -2.72. The van der Waals surface area contributed by atoms with Crippen LogP contribution in [-0.2, 0) is 15.4 Å². The lowest BCUT2D eigenvalue weighted by atomic mass is 9.73. The van der Waals surface area contributed by atoms with Crippen molar-refractivity contribution in [3.63, 3.8) is 0 Å². The van der Waals surface area contributed by atoms with Gasteiger partial charge in [0, 0.05) is 6.21 Å². The molecule has 0 spiro atoms. The number of nitrogens with two attached hydrogens (primary N) is 1. The highest BCUT2D eigenvalue weighted by atomic mass is 32.2. The molecule has 2 N–H and O–H groups in total. The number of ether oxygens (including phenoxy) is 1. The van der Waals surface area contributed by atoms with E-state index in [1.165, 1.54) is 24.4 Å². The molecule has 1 unspecified atom stereocenters. The highest BCUT2D eigenvalue weighted by Crippen LogP contribution is 2.38. The van der Waals surface area contributed by atoms with E-state index in [0.717, 1.165) is 18.2 Å². The second kappa shape index (κ2) is 7.02. The Labute approximate surface area is 158 Å². The fourth-order valence-corrected chi connectivity index (χ4v) is 3.63. The molecule has 2 aromatic rings. The van der Waals surface area contributed by atoms with E-state index < -0.39 is 38.3 Å². The summed E-state index contributed by atoms with van der Waals surface area (Å²) < 4.78 is 78.9. The number of rotatable bonds is 4. The molecule has 0 radical (unpaired) electrons. The zero-order valence-corrected chi connectivity index (χ0v) is 15.0. The Balaban J connectivity index is 2.13. The average Bonchev–Trinajstić information content (AvgIpc) is 2.60. The summed E-state index contributed by atoms with van der Waals surface area (Å²) in [5, 5.41) is 4.98. The largest absolute Gasteiger partial charge is 0.573 e. The normalized spacial score (nSPS) is 19.6. The summed E-state index contributed by atoms with van der Waals surface area (Å²) in [6, 6.07) is 8.62.